The first-order chi connectivity index (χ1) is 14.8. The summed E-state index contributed by atoms with van der Waals surface area (Å²) in [6, 6.07) is 0. The number of nitrogens with zero attached hydrogens (tertiary/aromatic N) is 1. The van der Waals surface area contributed by atoms with Crippen molar-refractivity contribution in [2.24, 2.45) is 0 Å². The molecule has 0 unspecified atom stereocenters. The molecule has 3 rings (SSSR count). The zero-order valence-electron chi connectivity index (χ0n) is 17.3. The van der Waals surface area contributed by atoms with Crippen molar-refractivity contribution in [2.75, 3.05) is 19.5 Å². The maximum atomic E-state index is 11.1. The van der Waals surface area contributed by atoms with Crippen molar-refractivity contribution in [1.29, 1.82) is 0 Å². The molecule has 0 saturated carbocycles. The second kappa shape index (κ2) is 12.0. The normalized spacial score (nSPS) is 27.1. The Balaban J connectivity index is 1.50. The zero-order valence-corrected chi connectivity index (χ0v) is 19.8. The molecule has 9 nitrogen and oxygen atoms in total. The molecule has 0 amide bonds. The number of hydrogen-bond acceptors (Lipinski definition) is 10. The first-order valence-electron chi connectivity index (χ1n) is 9.96. The van der Waals surface area contributed by atoms with E-state index in [1.54, 1.807) is 6.82 Å². The molecule has 31 heavy (non-hydrogen) atoms. The predicted molar refractivity (Wildman–Crippen MR) is 117 cm³/mol. The molecule has 0 N–H and O–H groups in total. The van der Waals surface area contributed by atoms with E-state index in [9.17, 15) is 8.42 Å². The van der Waals surface area contributed by atoms with Crippen LogP contribution in [0.3, 0.4) is 0 Å². The molecule has 4 atom stereocenters. The monoisotopic (exact) mass is 490 g/mol. The fourth-order valence-corrected chi connectivity index (χ4v) is 4.22. The SMILES string of the molecule is C=C1C[C@H](C[C@@H]2CCO[C@H](c3coc(COS(C)(=O)=O)n3)O2)O[C@@H](CCOB=[P+]=S)C1. The molecule has 3 heterocycles. The summed E-state index contributed by atoms with van der Waals surface area (Å²) in [6.07, 6.45) is 5.58. The third-order valence-electron chi connectivity index (χ3n) is 4.85. The number of aromatic nitrogens is 1. The van der Waals surface area contributed by atoms with Crippen LogP contribution in [-0.2, 0) is 51.6 Å². The fourth-order valence-electron chi connectivity index (χ4n) is 3.55. The van der Waals surface area contributed by atoms with E-state index in [0.29, 0.717) is 25.8 Å². The quantitative estimate of drug-likeness (QED) is 0.160. The maximum absolute atomic E-state index is 11.1. The van der Waals surface area contributed by atoms with Gasteiger partial charge < -0.3 is 4.42 Å². The van der Waals surface area contributed by atoms with E-state index in [-0.39, 0.29) is 30.8 Å². The van der Waals surface area contributed by atoms with E-state index in [0.717, 1.165) is 38.4 Å². The van der Waals surface area contributed by atoms with E-state index < -0.39 is 16.4 Å². The third-order valence-corrected chi connectivity index (χ3v) is 5.89. The number of rotatable bonds is 10. The topological polar surface area (TPSA) is 106 Å². The van der Waals surface area contributed by atoms with E-state index in [2.05, 4.69) is 11.6 Å². The van der Waals surface area contributed by atoms with Gasteiger partial charge in [0.25, 0.3) is 10.1 Å². The van der Waals surface area contributed by atoms with Crippen molar-refractivity contribution in [2.45, 2.75) is 63.3 Å². The average molecular weight is 490 g/mol. The number of ether oxygens (including phenoxy) is 3. The summed E-state index contributed by atoms with van der Waals surface area (Å²) in [4.78, 5) is 4.21. The molecule has 2 fully saturated rings. The van der Waals surface area contributed by atoms with Crippen molar-refractivity contribution in [3.8, 4) is 0 Å². The molecular formula is C18H26BNO8PS2+. The van der Waals surface area contributed by atoms with Crippen LogP contribution in [0.2, 0.25) is 0 Å². The van der Waals surface area contributed by atoms with E-state index in [1.165, 1.54) is 11.8 Å². The van der Waals surface area contributed by atoms with Crippen LogP contribution in [0.4, 0.5) is 0 Å². The van der Waals surface area contributed by atoms with Gasteiger partial charge in [0.1, 0.15) is 6.61 Å². The van der Waals surface area contributed by atoms with Gasteiger partial charge in [0.2, 0.25) is 5.89 Å². The molecule has 13 heteroatoms. The summed E-state index contributed by atoms with van der Waals surface area (Å²) in [6.45, 7) is 7.26. The molecule has 2 aliphatic rings. The first kappa shape index (κ1) is 25.0. The molecule has 0 bridgehead atoms. The standard InChI is InChI=1S/C18H26BNO8PS2/c1-12-7-13(4-6-25-19-29-30)27-15(8-12)9-14-3-5-23-18(28-14)16-10-24-17(20-16)11-26-31(2,21)22/h10,13-15,18H,1,3-9,11H2,2H3/q+1/t13-,14-,15+,18-/m0/s1. The number of hydrogen-bond donors (Lipinski definition) is 0. The Kier molecular flexibility index (Phi) is 9.73. The minimum atomic E-state index is -3.58. The molecule has 0 aliphatic carbocycles. The summed E-state index contributed by atoms with van der Waals surface area (Å²) in [5.41, 5.74) is 1.61. The summed E-state index contributed by atoms with van der Waals surface area (Å²) in [7, 11) is -3.58. The van der Waals surface area contributed by atoms with Crippen LogP contribution in [0.1, 0.15) is 50.0 Å². The van der Waals surface area contributed by atoms with Crippen LogP contribution in [0.5, 0.6) is 0 Å². The van der Waals surface area contributed by atoms with Crippen LogP contribution >= 0.6 is 6.85 Å². The number of oxazole rings is 1. The van der Waals surface area contributed by atoms with Crippen LogP contribution < -0.4 is 0 Å². The Hall–Kier alpha value is -0.585. The van der Waals surface area contributed by atoms with Crippen molar-refractivity contribution < 1.29 is 35.9 Å². The van der Waals surface area contributed by atoms with Gasteiger partial charge in [0, 0.05) is 0 Å². The van der Waals surface area contributed by atoms with Gasteiger partial charge in [-0.25, -0.2) is 0 Å². The summed E-state index contributed by atoms with van der Waals surface area (Å²) in [5.74, 6) is 0.138. The molecule has 0 aromatic carbocycles. The van der Waals surface area contributed by atoms with Gasteiger partial charge in [-0.15, -0.1) is 0 Å². The minimum absolute atomic E-state index is 0.0205. The Morgan fingerprint density at radius 3 is 2.90 bits per heavy atom. The Bertz CT molecular complexity index is 904. The van der Waals surface area contributed by atoms with Gasteiger partial charge >= 0.3 is 143 Å². The van der Waals surface area contributed by atoms with Crippen molar-refractivity contribution >= 4 is 35.6 Å². The fraction of sp³-hybridized carbons (Fsp3) is 0.722. The molecule has 1 aromatic rings. The molecule has 170 valence electrons. The third kappa shape index (κ3) is 8.70. The molecular weight excluding hydrogens is 464 g/mol. The molecule has 2 aliphatic heterocycles. The average Bonchev–Trinajstić information content (AvgIpc) is 3.18. The van der Waals surface area contributed by atoms with Gasteiger partial charge in [0.05, 0.1) is 6.26 Å². The second-order valence-electron chi connectivity index (χ2n) is 7.53. The summed E-state index contributed by atoms with van der Waals surface area (Å²) in [5, 5.41) is 0. The molecule has 0 radical (unpaired) electrons. The Morgan fingerprint density at radius 2 is 2.13 bits per heavy atom. The molecule has 2 saturated heterocycles. The summed E-state index contributed by atoms with van der Waals surface area (Å²) >= 11 is 4.81. The predicted octanol–water partition coefficient (Wildman–Crippen LogP) is 2.80. The van der Waals surface area contributed by atoms with Crippen LogP contribution in [0.25, 0.3) is 0 Å². The van der Waals surface area contributed by atoms with E-state index in [4.69, 9.17) is 39.3 Å². The van der Waals surface area contributed by atoms with Gasteiger partial charge in [0.15, 0.2) is 0 Å². The Morgan fingerprint density at radius 1 is 1.32 bits per heavy atom. The van der Waals surface area contributed by atoms with E-state index >= 15 is 0 Å². The van der Waals surface area contributed by atoms with Crippen molar-refractivity contribution in [1.82, 2.24) is 4.98 Å². The van der Waals surface area contributed by atoms with Gasteiger partial charge in [-0.05, 0) is 0 Å². The first-order valence-corrected chi connectivity index (χ1v) is 13.8. The molecule has 0 spiro atoms. The van der Waals surface area contributed by atoms with Gasteiger partial charge in [-0.3, -0.25) is 4.18 Å². The van der Waals surface area contributed by atoms with Crippen LogP contribution in [0, 0.1) is 0 Å². The summed E-state index contributed by atoms with van der Waals surface area (Å²) < 4.78 is 55.5. The van der Waals surface area contributed by atoms with E-state index in [1.807, 2.05) is 0 Å². The second-order valence-corrected chi connectivity index (χ2v) is 10.2. The van der Waals surface area contributed by atoms with Gasteiger partial charge in [-0.1, -0.05) is 0 Å². The van der Waals surface area contributed by atoms with Crippen molar-refractivity contribution in [3.05, 3.63) is 30.0 Å². The Labute approximate surface area is 189 Å². The van der Waals surface area contributed by atoms with Crippen LogP contribution in [0.15, 0.2) is 22.8 Å². The van der Waals surface area contributed by atoms with Gasteiger partial charge in [-0.2, -0.15) is 8.42 Å². The molecule has 1 aromatic heterocycles. The van der Waals surface area contributed by atoms with Crippen molar-refractivity contribution in [3.63, 3.8) is 0 Å². The van der Waals surface area contributed by atoms with Crippen LogP contribution in [-0.4, -0.2) is 58.0 Å². The zero-order chi connectivity index (χ0) is 22.3.